The van der Waals surface area contributed by atoms with Gasteiger partial charge in [0.1, 0.15) is 5.60 Å². The van der Waals surface area contributed by atoms with Crippen molar-refractivity contribution in [3.05, 3.63) is 15.6 Å². The lowest BCUT2D eigenvalue weighted by atomic mass is 10.1. The molecule has 7 nitrogen and oxygen atoms in total. The molecule has 0 bridgehead atoms. The number of aromatic nitrogens is 1. The Morgan fingerprint density at radius 1 is 1.18 bits per heavy atom. The molecule has 0 spiro atoms. The smallest absolute Gasteiger partial charge is 0.410 e. The first-order chi connectivity index (χ1) is 12.6. The lowest BCUT2D eigenvalue weighted by Gasteiger charge is -2.42. The summed E-state index contributed by atoms with van der Waals surface area (Å²) in [5, 5.41) is 0.291. The highest BCUT2D eigenvalue weighted by molar-refractivity contribution is 7.13. The number of carbonyl (C=O) groups is 2. The molecule has 1 aromatic heterocycles. The molecular weight excluding hydrogens is 396 g/mol. The van der Waals surface area contributed by atoms with Gasteiger partial charge in [-0.3, -0.25) is 4.90 Å². The van der Waals surface area contributed by atoms with Gasteiger partial charge in [0.15, 0.2) is 8.32 Å². The van der Waals surface area contributed by atoms with Gasteiger partial charge in [-0.15, -0.1) is 11.3 Å². The molecule has 0 radical (unpaired) electrons. The maximum absolute atomic E-state index is 12.7. The van der Waals surface area contributed by atoms with Crippen LogP contribution in [0.5, 0.6) is 0 Å². The Morgan fingerprint density at radius 2 is 1.79 bits per heavy atom. The van der Waals surface area contributed by atoms with Crippen LogP contribution in [0.15, 0.2) is 0 Å². The average Bonchev–Trinajstić information content (AvgIpc) is 2.95. The molecule has 1 unspecified atom stereocenters. The molecule has 0 fully saturated rings. The second kappa shape index (κ2) is 7.76. The molecule has 28 heavy (non-hydrogen) atoms. The third kappa shape index (κ3) is 5.12. The Kier molecular flexibility index (Phi) is 6.33. The van der Waals surface area contributed by atoms with Gasteiger partial charge in [-0.1, -0.05) is 20.8 Å². The van der Waals surface area contributed by atoms with Crippen molar-refractivity contribution in [1.29, 1.82) is 0 Å². The van der Waals surface area contributed by atoms with Crippen LogP contribution in [-0.4, -0.2) is 49.5 Å². The van der Waals surface area contributed by atoms with Crippen LogP contribution >= 0.6 is 11.3 Å². The Hall–Kier alpha value is -1.45. The Morgan fingerprint density at radius 3 is 2.29 bits per heavy atom. The topological polar surface area (TPSA) is 78.0 Å². The van der Waals surface area contributed by atoms with Gasteiger partial charge >= 0.3 is 12.1 Å². The van der Waals surface area contributed by atoms with E-state index in [1.165, 1.54) is 18.4 Å². The Labute approximate surface area is 172 Å². The summed E-state index contributed by atoms with van der Waals surface area (Å²) in [6, 6.07) is 0. The zero-order valence-corrected chi connectivity index (χ0v) is 20.2. The van der Waals surface area contributed by atoms with E-state index in [1.807, 2.05) is 20.8 Å². The first-order valence-electron chi connectivity index (χ1n) is 9.38. The van der Waals surface area contributed by atoms with E-state index in [1.54, 1.807) is 4.90 Å². The normalized spacial score (nSPS) is 17.9. The van der Waals surface area contributed by atoms with Crippen molar-refractivity contribution in [3.63, 3.8) is 0 Å². The summed E-state index contributed by atoms with van der Waals surface area (Å²) in [6.45, 7) is 17.0. The third-order valence-corrected chi connectivity index (χ3v) is 10.7. The van der Waals surface area contributed by atoms with E-state index in [2.05, 4.69) is 38.8 Å². The fourth-order valence-corrected chi connectivity index (χ4v) is 4.88. The maximum atomic E-state index is 12.7. The minimum absolute atomic E-state index is 0.0111. The standard InChI is InChI=1S/C19H32N2O5SSi/c1-18(2,3)25-17(23)21-10-12-14(27-15(20-12)16(22)24-7)13(11-21)26-28(8,9)19(4,5)6/h13H,10-11H2,1-9H3. The van der Waals surface area contributed by atoms with Crippen LogP contribution in [0.4, 0.5) is 4.79 Å². The van der Waals surface area contributed by atoms with Gasteiger partial charge < -0.3 is 13.9 Å². The SMILES string of the molecule is COC(=O)c1nc2c(s1)C(O[Si](C)(C)C(C)(C)C)CN(C(=O)OC(C)(C)C)C2. The molecule has 2 rings (SSSR count). The summed E-state index contributed by atoms with van der Waals surface area (Å²) < 4.78 is 17.0. The second-order valence-corrected chi connectivity index (χ2v) is 15.3. The zero-order chi connectivity index (χ0) is 21.5. The molecule has 1 aliphatic rings. The first kappa shape index (κ1) is 22.8. The van der Waals surface area contributed by atoms with E-state index in [9.17, 15) is 9.59 Å². The summed E-state index contributed by atoms with van der Waals surface area (Å²) in [7, 11) is -0.782. The van der Waals surface area contributed by atoms with Gasteiger partial charge in [-0.25, -0.2) is 14.6 Å². The molecule has 1 amide bonds. The van der Waals surface area contributed by atoms with E-state index >= 15 is 0 Å². The average molecular weight is 429 g/mol. The Bertz CT molecular complexity index is 748. The molecule has 0 saturated carbocycles. The molecule has 158 valence electrons. The largest absolute Gasteiger partial charge is 0.464 e. The van der Waals surface area contributed by atoms with Gasteiger partial charge in [0.05, 0.1) is 36.9 Å². The number of carbonyl (C=O) groups excluding carboxylic acids is 2. The first-order valence-corrected chi connectivity index (χ1v) is 13.1. The van der Waals surface area contributed by atoms with E-state index in [-0.39, 0.29) is 22.7 Å². The van der Waals surface area contributed by atoms with Crippen LogP contribution in [-0.2, 0) is 20.4 Å². The summed E-state index contributed by atoms with van der Waals surface area (Å²) >= 11 is 1.29. The molecular formula is C19H32N2O5SSi. The molecule has 0 aliphatic carbocycles. The van der Waals surface area contributed by atoms with Gasteiger partial charge in [-0.05, 0) is 38.9 Å². The molecule has 9 heteroatoms. The number of nitrogens with zero attached hydrogens (tertiary/aromatic N) is 2. The predicted octanol–water partition coefficient (Wildman–Crippen LogP) is 4.74. The number of thiazole rings is 1. The van der Waals surface area contributed by atoms with Crippen molar-refractivity contribution in [3.8, 4) is 0 Å². The molecule has 1 aliphatic heterocycles. The lowest BCUT2D eigenvalue weighted by Crippen LogP contribution is -2.47. The highest BCUT2D eigenvalue weighted by atomic mass is 32.1. The molecule has 2 heterocycles. The fraction of sp³-hybridized carbons (Fsp3) is 0.737. The van der Waals surface area contributed by atoms with E-state index in [0.717, 1.165) is 4.88 Å². The number of rotatable bonds is 3. The van der Waals surface area contributed by atoms with Crippen LogP contribution in [0.2, 0.25) is 18.1 Å². The summed E-state index contributed by atoms with van der Waals surface area (Å²) in [6.07, 6.45) is -0.748. The van der Waals surface area contributed by atoms with Gasteiger partial charge in [0, 0.05) is 0 Å². The van der Waals surface area contributed by atoms with Crippen molar-refractivity contribution < 1.29 is 23.5 Å². The van der Waals surface area contributed by atoms with Crippen molar-refractivity contribution in [2.45, 2.75) is 77.9 Å². The number of hydrogen-bond donors (Lipinski definition) is 0. The molecule has 0 aromatic carbocycles. The lowest BCUT2D eigenvalue weighted by molar-refractivity contribution is 0.00993. The van der Waals surface area contributed by atoms with Gasteiger partial charge in [0.2, 0.25) is 5.01 Å². The molecule has 0 saturated heterocycles. The van der Waals surface area contributed by atoms with Crippen molar-refractivity contribution in [2.75, 3.05) is 13.7 Å². The molecule has 0 N–H and O–H groups in total. The monoisotopic (exact) mass is 428 g/mol. The summed E-state index contributed by atoms with van der Waals surface area (Å²) in [5.41, 5.74) is 0.0815. The van der Waals surface area contributed by atoms with E-state index in [0.29, 0.717) is 12.2 Å². The summed E-state index contributed by atoms with van der Waals surface area (Å²) in [5.74, 6) is -0.478. The number of amides is 1. The predicted molar refractivity (Wildman–Crippen MR) is 111 cm³/mol. The van der Waals surface area contributed by atoms with Crippen LogP contribution < -0.4 is 0 Å². The minimum Gasteiger partial charge on any atom is -0.464 e. The quantitative estimate of drug-likeness (QED) is 0.511. The van der Waals surface area contributed by atoms with Crippen LogP contribution in [0, 0.1) is 0 Å². The zero-order valence-electron chi connectivity index (χ0n) is 18.3. The van der Waals surface area contributed by atoms with E-state index < -0.39 is 26.0 Å². The second-order valence-electron chi connectivity index (χ2n) is 9.55. The number of ether oxygens (including phenoxy) is 2. The molecule has 1 atom stereocenters. The number of hydrogen-bond acceptors (Lipinski definition) is 7. The van der Waals surface area contributed by atoms with Crippen LogP contribution in [0.3, 0.4) is 0 Å². The fourth-order valence-electron chi connectivity index (χ4n) is 2.52. The van der Waals surface area contributed by atoms with Crippen LogP contribution in [0.1, 0.15) is 68.0 Å². The minimum atomic E-state index is -2.11. The van der Waals surface area contributed by atoms with Gasteiger partial charge in [-0.2, -0.15) is 0 Å². The summed E-state index contributed by atoms with van der Waals surface area (Å²) in [4.78, 5) is 31.6. The third-order valence-electron chi connectivity index (χ3n) is 5.00. The molecule has 1 aromatic rings. The number of fused-ring (bicyclic) bond motifs is 1. The number of esters is 1. The van der Waals surface area contributed by atoms with Crippen molar-refractivity contribution in [2.24, 2.45) is 0 Å². The van der Waals surface area contributed by atoms with Crippen LogP contribution in [0.25, 0.3) is 0 Å². The highest BCUT2D eigenvalue weighted by Crippen LogP contribution is 2.43. The number of methoxy groups -OCH3 is 1. The van der Waals surface area contributed by atoms with Crippen molar-refractivity contribution in [1.82, 2.24) is 9.88 Å². The van der Waals surface area contributed by atoms with E-state index in [4.69, 9.17) is 13.9 Å². The Balaban J connectivity index is 2.38. The van der Waals surface area contributed by atoms with Gasteiger partial charge in [0.25, 0.3) is 0 Å². The highest BCUT2D eigenvalue weighted by Gasteiger charge is 2.43. The van der Waals surface area contributed by atoms with Crippen molar-refractivity contribution >= 4 is 31.7 Å². The maximum Gasteiger partial charge on any atom is 0.410 e.